The molecule has 3 aromatic rings. The van der Waals surface area contributed by atoms with Gasteiger partial charge in [-0.25, -0.2) is 9.66 Å². The van der Waals surface area contributed by atoms with E-state index in [9.17, 15) is 14.4 Å². The normalized spacial score (nSPS) is 11.4. The molecule has 152 valence electrons. The molecule has 2 N–H and O–H groups in total. The molecule has 29 heavy (non-hydrogen) atoms. The lowest BCUT2D eigenvalue weighted by molar-refractivity contribution is -0.128. The molecule has 0 saturated carbocycles. The number of benzene rings is 1. The number of hydrogen-bond donors (Lipinski definition) is 2. The molecule has 0 bridgehead atoms. The summed E-state index contributed by atoms with van der Waals surface area (Å²) in [4.78, 5) is 43.1. The van der Waals surface area contributed by atoms with Crippen LogP contribution >= 0.6 is 11.3 Å². The van der Waals surface area contributed by atoms with Gasteiger partial charge in [0.25, 0.3) is 5.56 Å². The average Bonchev–Trinajstić information content (AvgIpc) is 3.00. The van der Waals surface area contributed by atoms with Gasteiger partial charge in [-0.05, 0) is 12.5 Å². The molecule has 0 unspecified atom stereocenters. The topological polar surface area (TPSA) is 93.1 Å². The van der Waals surface area contributed by atoms with Gasteiger partial charge in [-0.2, -0.15) is 0 Å². The van der Waals surface area contributed by atoms with Gasteiger partial charge in [0.15, 0.2) is 0 Å². The van der Waals surface area contributed by atoms with Crippen LogP contribution < -0.4 is 16.3 Å². The number of aryl methyl sites for hydroxylation is 1. The van der Waals surface area contributed by atoms with Gasteiger partial charge in [0, 0.05) is 28.8 Å². The molecule has 8 heteroatoms. The third kappa shape index (κ3) is 4.54. The van der Waals surface area contributed by atoms with Crippen molar-refractivity contribution in [2.45, 2.75) is 34.1 Å². The van der Waals surface area contributed by atoms with E-state index in [1.807, 2.05) is 37.3 Å². The molecule has 0 saturated heterocycles. The lowest BCUT2D eigenvalue weighted by atomic mass is 9.96. The fourth-order valence-electron chi connectivity index (χ4n) is 2.88. The van der Waals surface area contributed by atoms with Crippen molar-refractivity contribution in [1.82, 2.24) is 15.0 Å². The molecule has 0 aliphatic heterocycles. The van der Waals surface area contributed by atoms with Gasteiger partial charge in [0.2, 0.25) is 11.8 Å². The lowest BCUT2D eigenvalue weighted by Gasteiger charge is -2.17. The summed E-state index contributed by atoms with van der Waals surface area (Å²) in [5.41, 5.74) is 3.48. The van der Waals surface area contributed by atoms with Crippen molar-refractivity contribution in [3.63, 3.8) is 0 Å². The highest BCUT2D eigenvalue weighted by molar-refractivity contribution is 7.19. The Kier molecular flexibility index (Phi) is 5.83. The zero-order chi connectivity index (χ0) is 21.2. The number of hydrogen-bond acceptors (Lipinski definition) is 5. The number of fused-ring (bicyclic) bond motifs is 1. The molecule has 1 aromatic carbocycles. The van der Waals surface area contributed by atoms with E-state index in [2.05, 4.69) is 15.7 Å². The average molecular weight is 413 g/mol. The molecule has 0 aliphatic carbocycles. The standard InChI is InChI=1S/C21H24N4O3S/c1-13-16(14-8-6-5-7-9-14)17-18(29-13)23-12-25(19(17)27)24-15(26)10-11-22-20(28)21(2,3)4/h5-9,12H,10-11H2,1-4H3,(H,22,28)(H,24,26). The first kappa shape index (κ1) is 20.7. The number of amides is 2. The fraction of sp³-hybridized carbons (Fsp3) is 0.333. The molecule has 2 aromatic heterocycles. The summed E-state index contributed by atoms with van der Waals surface area (Å²) >= 11 is 1.45. The van der Waals surface area contributed by atoms with Gasteiger partial charge >= 0.3 is 0 Å². The summed E-state index contributed by atoms with van der Waals surface area (Å²) in [5.74, 6) is -0.512. The predicted molar refractivity (Wildman–Crippen MR) is 116 cm³/mol. The Morgan fingerprint density at radius 3 is 2.52 bits per heavy atom. The summed E-state index contributed by atoms with van der Waals surface area (Å²) in [5, 5.41) is 3.20. The SMILES string of the molecule is Cc1sc2ncn(NC(=O)CCNC(=O)C(C)(C)C)c(=O)c2c1-c1ccccc1. The molecule has 0 atom stereocenters. The van der Waals surface area contributed by atoms with E-state index in [0.29, 0.717) is 10.2 Å². The van der Waals surface area contributed by atoms with E-state index >= 15 is 0 Å². The minimum Gasteiger partial charge on any atom is -0.355 e. The van der Waals surface area contributed by atoms with Crippen LogP contribution in [0, 0.1) is 12.3 Å². The molecule has 0 aliphatic rings. The molecular formula is C21H24N4O3S. The number of nitrogens with one attached hydrogen (secondary N) is 2. The van der Waals surface area contributed by atoms with Crippen molar-refractivity contribution in [3.8, 4) is 11.1 Å². The summed E-state index contributed by atoms with van der Waals surface area (Å²) in [6.45, 7) is 7.55. The molecule has 0 radical (unpaired) electrons. The van der Waals surface area contributed by atoms with E-state index in [-0.39, 0.29) is 30.3 Å². The van der Waals surface area contributed by atoms with Crippen molar-refractivity contribution in [2.24, 2.45) is 5.41 Å². The Balaban J connectivity index is 1.81. The zero-order valence-electron chi connectivity index (χ0n) is 16.9. The lowest BCUT2D eigenvalue weighted by Crippen LogP contribution is -2.38. The molecule has 2 amide bonds. The minimum absolute atomic E-state index is 0.0561. The van der Waals surface area contributed by atoms with E-state index in [4.69, 9.17) is 0 Å². The Hall–Kier alpha value is -3.00. The van der Waals surface area contributed by atoms with Crippen LogP contribution in [0.4, 0.5) is 0 Å². The summed E-state index contributed by atoms with van der Waals surface area (Å²) in [6, 6.07) is 9.65. The minimum atomic E-state index is -0.521. The van der Waals surface area contributed by atoms with Crippen LogP contribution in [0.15, 0.2) is 41.5 Å². The monoisotopic (exact) mass is 412 g/mol. The van der Waals surface area contributed by atoms with Crippen molar-refractivity contribution in [3.05, 3.63) is 51.9 Å². The maximum atomic E-state index is 13.0. The number of nitrogens with zero attached hydrogens (tertiary/aromatic N) is 2. The largest absolute Gasteiger partial charge is 0.355 e. The molecule has 3 rings (SSSR count). The molecular weight excluding hydrogens is 388 g/mol. The Bertz CT molecular complexity index is 1110. The molecule has 0 spiro atoms. The van der Waals surface area contributed by atoms with E-state index < -0.39 is 5.41 Å². The first-order chi connectivity index (χ1) is 13.7. The van der Waals surface area contributed by atoms with Gasteiger partial charge in [0.1, 0.15) is 11.2 Å². The Morgan fingerprint density at radius 1 is 1.17 bits per heavy atom. The van der Waals surface area contributed by atoms with Gasteiger partial charge < -0.3 is 5.32 Å². The molecule has 2 heterocycles. The Labute approximate surface area is 172 Å². The number of aromatic nitrogens is 2. The maximum absolute atomic E-state index is 13.0. The third-order valence-electron chi connectivity index (χ3n) is 4.42. The van der Waals surface area contributed by atoms with Crippen LogP contribution in [0.25, 0.3) is 21.3 Å². The van der Waals surface area contributed by atoms with E-state index in [1.165, 1.54) is 17.7 Å². The quantitative estimate of drug-likeness (QED) is 0.674. The van der Waals surface area contributed by atoms with Gasteiger partial charge in [-0.3, -0.25) is 19.8 Å². The number of thiophene rings is 1. The highest BCUT2D eigenvalue weighted by atomic mass is 32.1. The summed E-state index contributed by atoms with van der Waals surface area (Å²) < 4.78 is 1.11. The van der Waals surface area contributed by atoms with E-state index in [1.54, 1.807) is 20.8 Å². The van der Waals surface area contributed by atoms with Gasteiger partial charge in [-0.1, -0.05) is 51.1 Å². The predicted octanol–water partition coefficient (Wildman–Crippen LogP) is 3.06. The molecule has 7 nitrogen and oxygen atoms in total. The smallest absolute Gasteiger partial charge is 0.281 e. The van der Waals surface area contributed by atoms with Crippen LogP contribution in [0.3, 0.4) is 0 Å². The van der Waals surface area contributed by atoms with Gasteiger partial charge in [-0.15, -0.1) is 11.3 Å². The van der Waals surface area contributed by atoms with Gasteiger partial charge in [0.05, 0.1) is 5.39 Å². The van der Waals surface area contributed by atoms with Crippen LogP contribution in [-0.4, -0.2) is 28.0 Å². The van der Waals surface area contributed by atoms with Crippen molar-refractivity contribution in [2.75, 3.05) is 12.0 Å². The summed E-state index contributed by atoms with van der Waals surface area (Å²) in [6.07, 6.45) is 1.38. The third-order valence-corrected chi connectivity index (χ3v) is 5.43. The van der Waals surface area contributed by atoms with E-state index in [0.717, 1.165) is 20.7 Å². The second-order valence-corrected chi connectivity index (χ2v) is 8.99. The number of carbonyl (C=O) groups is 2. The van der Waals surface area contributed by atoms with Crippen molar-refractivity contribution >= 4 is 33.4 Å². The summed E-state index contributed by atoms with van der Waals surface area (Å²) in [7, 11) is 0. The van der Waals surface area contributed by atoms with Crippen LogP contribution in [0.2, 0.25) is 0 Å². The Morgan fingerprint density at radius 2 is 1.86 bits per heavy atom. The van der Waals surface area contributed by atoms with Crippen molar-refractivity contribution in [1.29, 1.82) is 0 Å². The number of rotatable bonds is 5. The highest BCUT2D eigenvalue weighted by Gasteiger charge is 2.21. The highest BCUT2D eigenvalue weighted by Crippen LogP contribution is 2.35. The van der Waals surface area contributed by atoms with Crippen LogP contribution in [0.1, 0.15) is 32.1 Å². The van der Waals surface area contributed by atoms with Crippen LogP contribution in [-0.2, 0) is 9.59 Å². The molecule has 0 fully saturated rings. The zero-order valence-corrected chi connectivity index (χ0v) is 17.7. The fourth-order valence-corrected chi connectivity index (χ4v) is 3.88. The second-order valence-electron chi connectivity index (χ2n) is 7.79. The first-order valence-electron chi connectivity index (χ1n) is 9.33. The first-order valence-corrected chi connectivity index (χ1v) is 10.1. The second kappa shape index (κ2) is 8.16. The van der Waals surface area contributed by atoms with Crippen molar-refractivity contribution < 1.29 is 9.59 Å². The van der Waals surface area contributed by atoms with Crippen LogP contribution in [0.5, 0.6) is 0 Å². The maximum Gasteiger partial charge on any atom is 0.281 e. The number of carbonyl (C=O) groups excluding carboxylic acids is 2.